The molecule has 1 heterocycles. The molecule has 98 valence electrons. The summed E-state index contributed by atoms with van der Waals surface area (Å²) in [5, 5.41) is 2.82. The van der Waals surface area contributed by atoms with Gasteiger partial charge in [-0.25, -0.2) is 0 Å². The lowest BCUT2D eigenvalue weighted by molar-refractivity contribution is 0.805. The first kappa shape index (κ1) is 12.8. The molecule has 0 aliphatic carbocycles. The van der Waals surface area contributed by atoms with Gasteiger partial charge < -0.3 is 0 Å². The number of hydrogen-bond donors (Lipinski definition) is 0. The van der Waals surface area contributed by atoms with Crippen LogP contribution < -0.4 is 0 Å². The summed E-state index contributed by atoms with van der Waals surface area (Å²) >= 11 is 1.99. The fourth-order valence-electron chi connectivity index (χ4n) is 2.73. The van der Waals surface area contributed by atoms with Gasteiger partial charge in [0.1, 0.15) is 0 Å². The fourth-order valence-corrected chi connectivity index (χ4v) is 3.94. The Morgan fingerprint density at radius 3 is 2.89 bits per heavy atom. The molecular weight excluding hydrogens is 248 g/mol. The van der Waals surface area contributed by atoms with Crippen LogP contribution in [0, 0.1) is 0 Å². The molecule has 3 rings (SSSR count). The summed E-state index contributed by atoms with van der Waals surface area (Å²) in [6.07, 6.45) is 8.65. The van der Waals surface area contributed by atoms with E-state index in [9.17, 15) is 0 Å². The average molecular weight is 268 g/mol. The van der Waals surface area contributed by atoms with E-state index < -0.39 is 0 Å². The van der Waals surface area contributed by atoms with E-state index in [1.807, 2.05) is 11.8 Å². The van der Waals surface area contributed by atoms with Crippen LogP contribution >= 0.6 is 11.8 Å². The highest BCUT2D eigenvalue weighted by molar-refractivity contribution is 8.03. The van der Waals surface area contributed by atoms with Crippen molar-refractivity contribution >= 4 is 22.5 Å². The zero-order valence-electron chi connectivity index (χ0n) is 11.5. The molecule has 0 radical (unpaired) electrons. The summed E-state index contributed by atoms with van der Waals surface area (Å²) in [5.74, 6) is 0. The predicted molar refractivity (Wildman–Crippen MR) is 85.7 cm³/mol. The van der Waals surface area contributed by atoms with Crippen LogP contribution in [0.15, 0.2) is 52.3 Å². The van der Waals surface area contributed by atoms with Crippen molar-refractivity contribution in [1.82, 2.24) is 0 Å². The van der Waals surface area contributed by atoms with Gasteiger partial charge in [0.15, 0.2) is 0 Å². The van der Waals surface area contributed by atoms with Crippen LogP contribution in [0.3, 0.4) is 0 Å². The summed E-state index contributed by atoms with van der Waals surface area (Å²) in [7, 11) is 0. The standard InChI is InChI=1S/C18H20S/c1-2-3-8-15-9-6-11-17-16-10-5-4-7-14(16)12-13-18(17)19-15/h4-5,7,9-10,12-13H,2-3,6,8,11H2,1H3. The van der Waals surface area contributed by atoms with Crippen LogP contribution in [0.4, 0.5) is 0 Å². The van der Waals surface area contributed by atoms with E-state index in [1.165, 1.54) is 47.8 Å². The van der Waals surface area contributed by atoms with Crippen molar-refractivity contribution < 1.29 is 0 Å². The summed E-state index contributed by atoms with van der Waals surface area (Å²) in [6, 6.07) is 13.4. The number of aryl methyl sites for hydroxylation is 1. The number of hydrogen-bond acceptors (Lipinski definition) is 1. The van der Waals surface area contributed by atoms with Crippen molar-refractivity contribution in [2.75, 3.05) is 0 Å². The van der Waals surface area contributed by atoms with Gasteiger partial charge in [-0.05, 0) is 53.0 Å². The zero-order valence-corrected chi connectivity index (χ0v) is 12.3. The molecule has 0 spiro atoms. The number of allylic oxidation sites excluding steroid dienone is 2. The van der Waals surface area contributed by atoms with Crippen LogP contribution in [-0.2, 0) is 6.42 Å². The number of fused-ring (bicyclic) bond motifs is 3. The van der Waals surface area contributed by atoms with Crippen molar-refractivity contribution in [3.05, 3.63) is 52.9 Å². The predicted octanol–water partition coefficient (Wildman–Crippen LogP) is 5.95. The minimum Gasteiger partial charge on any atom is -0.0946 e. The third-order valence-corrected chi connectivity index (χ3v) is 5.02. The quantitative estimate of drug-likeness (QED) is 0.662. The van der Waals surface area contributed by atoms with Gasteiger partial charge in [-0.3, -0.25) is 0 Å². The smallest absolute Gasteiger partial charge is 0.0157 e. The maximum atomic E-state index is 2.45. The van der Waals surface area contributed by atoms with E-state index in [2.05, 4.69) is 49.4 Å². The van der Waals surface area contributed by atoms with Gasteiger partial charge in [0.05, 0.1) is 0 Å². The number of benzene rings is 2. The van der Waals surface area contributed by atoms with Gasteiger partial charge in [0.2, 0.25) is 0 Å². The Bertz CT molecular complexity index is 610. The van der Waals surface area contributed by atoms with Gasteiger partial charge in [0.25, 0.3) is 0 Å². The SMILES string of the molecule is CCCCC1=CCCc2c(ccc3ccccc23)S1. The minimum atomic E-state index is 1.18. The lowest BCUT2D eigenvalue weighted by atomic mass is 10.0. The second kappa shape index (κ2) is 5.83. The molecule has 0 unspecified atom stereocenters. The van der Waals surface area contributed by atoms with E-state index in [0.29, 0.717) is 0 Å². The molecule has 1 aliphatic rings. The summed E-state index contributed by atoms with van der Waals surface area (Å²) < 4.78 is 0. The molecule has 2 aromatic carbocycles. The van der Waals surface area contributed by atoms with Crippen LogP contribution in [-0.4, -0.2) is 0 Å². The summed E-state index contributed by atoms with van der Waals surface area (Å²) in [6.45, 7) is 2.27. The highest BCUT2D eigenvalue weighted by Gasteiger charge is 2.12. The highest BCUT2D eigenvalue weighted by Crippen LogP contribution is 2.39. The normalized spacial score (nSPS) is 14.9. The van der Waals surface area contributed by atoms with Crippen molar-refractivity contribution in [1.29, 1.82) is 0 Å². The molecule has 2 aromatic rings. The second-order valence-electron chi connectivity index (χ2n) is 5.18. The molecule has 0 N–H and O–H groups in total. The van der Waals surface area contributed by atoms with E-state index in [-0.39, 0.29) is 0 Å². The Labute approximate surface area is 119 Å². The van der Waals surface area contributed by atoms with Gasteiger partial charge in [-0.15, -0.1) is 0 Å². The van der Waals surface area contributed by atoms with E-state index in [4.69, 9.17) is 0 Å². The van der Waals surface area contributed by atoms with Crippen molar-refractivity contribution in [2.45, 2.75) is 43.9 Å². The number of thioether (sulfide) groups is 1. The Kier molecular flexibility index (Phi) is 3.93. The van der Waals surface area contributed by atoms with E-state index in [1.54, 1.807) is 10.5 Å². The molecule has 19 heavy (non-hydrogen) atoms. The molecule has 0 bridgehead atoms. The maximum Gasteiger partial charge on any atom is 0.0157 e. The van der Waals surface area contributed by atoms with Crippen LogP contribution in [0.25, 0.3) is 10.8 Å². The first-order chi connectivity index (χ1) is 9.38. The molecule has 0 saturated carbocycles. The molecule has 0 nitrogen and oxygen atoms in total. The Morgan fingerprint density at radius 1 is 1.11 bits per heavy atom. The Morgan fingerprint density at radius 2 is 2.00 bits per heavy atom. The van der Waals surface area contributed by atoms with Crippen LogP contribution in [0.2, 0.25) is 0 Å². The van der Waals surface area contributed by atoms with Crippen molar-refractivity contribution in [3.63, 3.8) is 0 Å². The lowest BCUT2D eigenvalue weighted by Gasteiger charge is -2.10. The first-order valence-corrected chi connectivity index (χ1v) is 8.07. The first-order valence-electron chi connectivity index (χ1n) is 7.26. The zero-order chi connectivity index (χ0) is 13.1. The van der Waals surface area contributed by atoms with Gasteiger partial charge in [0, 0.05) is 4.90 Å². The van der Waals surface area contributed by atoms with Crippen molar-refractivity contribution in [3.8, 4) is 0 Å². The highest BCUT2D eigenvalue weighted by atomic mass is 32.2. The third-order valence-electron chi connectivity index (χ3n) is 3.78. The van der Waals surface area contributed by atoms with Crippen molar-refractivity contribution in [2.24, 2.45) is 0 Å². The van der Waals surface area contributed by atoms with E-state index >= 15 is 0 Å². The summed E-state index contributed by atoms with van der Waals surface area (Å²) in [4.78, 5) is 3.04. The van der Waals surface area contributed by atoms with E-state index in [0.717, 1.165) is 0 Å². The molecule has 0 atom stereocenters. The fraction of sp³-hybridized carbons (Fsp3) is 0.333. The third kappa shape index (κ3) is 2.71. The molecule has 0 fully saturated rings. The molecule has 0 amide bonds. The van der Waals surface area contributed by atoms with Gasteiger partial charge in [-0.1, -0.05) is 61.5 Å². The van der Waals surface area contributed by atoms with Gasteiger partial charge >= 0.3 is 0 Å². The second-order valence-corrected chi connectivity index (χ2v) is 6.35. The molecule has 0 saturated heterocycles. The molecule has 1 heteroatoms. The monoisotopic (exact) mass is 268 g/mol. The lowest BCUT2D eigenvalue weighted by Crippen LogP contribution is -1.88. The topological polar surface area (TPSA) is 0 Å². The van der Waals surface area contributed by atoms with Crippen LogP contribution in [0.1, 0.15) is 38.2 Å². The van der Waals surface area contributed by atoms with Gasteiger partial charge in [-0.2, -0.15) is 0 Å². The molecule has 1 aliphatic heterocycles. The number of unbranched alkanes of at least 4 members (excludes halogenated alkanes) is 1. The maximum absolute atomic E-state index is 2.45. The molecule has 0 aromatic heterocycles. The molecular formula is C18H20S. The largest absolute Gasteiger partial charge is 0.0946 e. The number of rotatable bonds is 3. The Balaban J connectivity index is 1.97. The van der Waals surface area contributed by atoms with Crippen LogP contribution in [0.5, 0.6) is 0 Å². The Hall–Kier alpha value is -1.21. The summed E-state index contributed by atoms with van der Waals surface area (Å²) in [5.41, 5.74) is 1.55. The minimum absolute atomic E-state index is 1.18. The average Bonchev–Trinajstić information content (AvgIpc) is 2.67.